The van der Waals surface area contributed by atoms with Crippen LogP contribution in [0.5, 0.6) is 0 Å². The second-order valence-electron chi connectivity index (χ2n) is 2.96. The van der Waals surface area contributed by atoms with Crippen LogP contribution >= 0.6 is 22.9 Å². The first kappa shape index (κ1) is 10.9. The lowest BCUT2D eigenvalue weighted by molar-refractivity contribution is 1.12. The molecule has 16 heavy (non-hydrogen) atoms. The molecule has 80 valence electrons. The molecule has 0 atom stereocenters. The van der Waals surface area contributed by atoms with Crippen LogP contribution in [0.4, 0.5) is 5.13 Å². The standard InChI is InChI=1S/C10H7ClN4S/c11-9-8(5-12)16-10(15-9)14-6-7-1-3-13-4-2-7/h1-4H,6H2,(H,14,15). The van der Waals surface area contributed by atoms with Crippen molar-refractivity contribution in [2.45, 2.75) is 6.54 Å². The number of anilines is 1. The van der Waals surface area contributed by atoms with Gasteiger partial charge in [-0.1, -0.05) is 22.9 Å². The summed E-state index contributed by atoms with van der Waals surface area (Å²) in [5.74, 6) is 0. The van der Waals surface area contributed by atoms with Crippen molar-refractivity contribution in [1.82, 2.24) is 9.97 Å². The molecule has 2 aromatic heterocycles. The van der Waals surface area contributed by atoms with Crippen molar-refractivity contribution in [2.75, 3.05) is 5.32 Å². The minimum atomic E-state index is 0.254. The molecule has 4 nitrogen and oxygen atoms in total. The Hall–Kier alpha value is -1.64. The second-order valence-corrected chi connectivity index (χ2v) is 4.32. The fourth-order valence-electron chi connectivity index (χ4n) is 1.12. The van der Waals surface area contributed by atoms with Crippen LogP contribution in [0.15, 0.2) is 24.5 Å². The van der Waals surface area contributed by atoms with E-state index in [0.29, 0.717) is 16.6 Å². The largest absolute Gasteiger partial charge is 0.357 e. The molecule has 1 N–H and O–H groups in total. The molecule has 0 bridgehead atoms. The van der Waals surface area contributed by atoms with Crippen LogP contribution in [0, 0.1) is 11.3 Å². The van der Waals surface area contributed by atoms with Gasteiger partial charge in [-0.2, -0.15) is 5.26 Å². The molecule has 0 amide bonds. The zero-order valence-electron chi connectivity index (χ0n) is 8.14. The zero-order chi connectivity index (χ0) is 11.4. The van der Waals surface area contributed by atoms with Gasteiger partial charge >= 0.3 is 0 Å². The predicted octanol–water partition coefficient (Wildman–Crippen LogP) is 2.68. The highest BCUT2D eigenvalue weighted by Gasteiger charge is 2.07. The maximum absolute atomic E-state index is 8.72. The summed E-state index contributed by atoms with van der Waals surface area (Å²) < 4.78 is 0. The summed E-state index contributed by atoms with van der Waals surface area (Å²) in [6.45, 7) is 0.636. The van der Waals surface area contributed by atoms with E-state index in [2.05, 4.69) is 15.3 Å². The van der Waals surface area contributed by atoms with Gasteiger partial charge in [0.1, 0.15) is 10.9 Å². The Balaban J connectivity index is 2.03. The van der Waals surface area contributed by atoms with E-state index in [1.165, 1.54) is 11.3 Å². The van der Waals surface area contributed by atoms with Crippen LogP contribution in [-0.4, -0.2) is 9.97 Å². The average molecular weight is 251 g/mol. The van der Waals surface area contributed by atoms with Gasteiger partial charge in [0.25, 0.3) is 0 Å². The van der Waals surface area contributed by atoms with E-state index >= 15 is 0 Å². The smallest absolute Gasteiger partial charge is 0.185 e. The molecule has 2 rings (SSSR count). The SMILES string of the molecule is N#Cc1sc(NCc2ccncc2)nc1Cl. The maximum atomic E-state index is 8.72. The van der Waals surface area contributed by atoms with Gasteiger partial charge in [-0.05, 0) is 17.7 Å². The summed E-state index contributed by atoms with van der Waals surface area (Å²) in [6, 6.07) is 5.81. The van der Waals surface area contributed by atoms with E-state index < -0.39 is 0 Å². The average Bonchev–Trinajstić information content (AvgIpc) is 2.69. The van der Waals surface area contributed by atoms with Crippen molar-refractivity contribution in [2.24, 2.45) is 0 Å². The lowest BCUT2D eigenvalue weighted by Gasteiger charge is -2.00. The highest BCUT2D eigenvalue weighted by molar-refractivity contribution is 7.16. The molecule has 2 heterocycles. The molecule has 0 saturated heterocycles. The Kier molecular flexibility index (Phi) is 3.34. The molecule has 0 fully saturated rings. The molecule has 0 radical (unpaired) electrons. The Labute approximate surface area is 102 Å². The van der Waals surface area contributed by atoms with Crippen molar-refractivity contribution in [3.8, 4) is 6.07 Å². The third-order valence-electron chi connectivity index (χ3n) is 1.88. The Bertz CT molecular complexity index is 517. The highest BCUT2D eigenvalue weighted by atomic mass is 35.5. The van der Waals surface area contributed by atoms with E-state index in [-0.39, 0.29) is 5.15 Å². The lowest BCUT2D eigenvalue weighted by atomic mass is 10.3. The van der Waals surface area contributed by atoms with E-state index in [4.69, 9.17) is 16.9 Å². The Morgan fingerprint density at radius 2 is 2.19 bits per heavy atom. The van der Waals surface area contributed by atoms with Crippen LogP contribution in [-0.2, 0) is 6.54 Å². The van der Waals surface area contributed by atoms with Crippen molar-refractivity contribution in [3.05, 3.63) is 40.1 Å². The first-order chi connectivity index (χ1) is 7.79. The third kappa shape index (κ3) is 2.48. The van der Waals surface area contributed by atoms with Gasteiger partial charge < -0.3 is 5.32 Å². The molecule has 0 saturated carbocycles. The van der Waals surface area contributed by atoms with Gasteiger partial charge in [0.15, 0.2) is 10.3 Å². The Morgan fingerprint density at radius 1 is 1.44 bits per heavy atom. The van der Waals surface area contributed by atoms with Crippen LogP contribution in [0.3, 0.4) is 0 Å². The summed E-state index contributed by atoms with van der Waals surface area (Å²) in [6.07, 6.45) is 3.46. The summed E-state index contributed by atoms with van der Waals surface area (Å²) in [7, 11) is 0. The van der Waals surface area contributed by atoms with E-state index in [1.807, 2.05) is 18.2 Å². The molecule has 0 aliphatic rings. The third-order valence-corrected chi connectivity index (χ3v) is 3.18. The summed E-state index contributed by atoms with van der Waals surface area (Å²) >= 11 is 7.00. The van der Waals surface area contributed by atoms with Gasteiger partial charge in [0, 0.05) is 18.9 Å². The minimum absolute atomic E-state index is 0.254. The number of hydrogen-bond acceptors (Lipinski definition) is 5. The first-order valence-electron chi connectivity index (χ1n) is 4.49. The zero-order valence-corrected chi connectivity index (χ0v) is 9.72. The fraction of sp³-hybridized carbons (Fsp3) is 0.100. The van der Waals surface area contributed by atoms with Gasteiger partial charge in [-0.25, -0.2) is 4.98 Å². The molecule has 0 aromatic carbocycles. The highest BCUT2D eigenvalue weighted by Crippen LogP contribution is 2.26. The molecular formula is C10H7ClN4S. The van der Waals surface area contributed by atoms with E-state index in [1.54, 1.807) is 12.4 Å². The maximum Gasteiger partial charge on any atom is 0.185 e. The molecule has 0 aliphatic carbocycles. The molecule has 2 aromatic rings. The summed E-state index contributed by atoms with van der Waals surface area (Å²) in [5, 5.41) is 12.7. The van der Waals surface area contributed by atoms with Crippen LogP contribution in [0.1, 0.15) is 10.4 Å². The van der Waals surface area contributed by atoms with E-state index in [9.17, 15) is 0 Å². The van der Waals surface area contributed by atoms with Crippen LogP contribution in [0.2, 0.25) is 5.15 Å². The second kappa shape index (κ2) is 4.92. The van der Waals surface area contributed by atoms with Crippen LogP contribution < -0.4 is 5.32 Å². The number of hydrogen-bond donors (Lipinski definition) is 1. The van der Waals surface area contributed by atoms with Crippen molar-refractivity contribution in [1.29, 1.82) is 5.26 Å². The normalized spacial score (nSPS) is 9.75. The number of thiazole rings is 1. The fourth-order valence-corrected chi connectivity index (χ4v) is 2.07. The van der Waals surface area contributed by atoms with Gasteiger partial charge in [-0.3, -0.25) is 4.98 Å². The molecule has 6 heteroatoms. The summed E-state index contributed by atoms with van der Waals surface area (Å²) in [4.78, 5) is 8.39. The number of nitrogens with one attached hydrogen (secondary N) is 1. The van der Waals surface area contributed by atoms with Crippen molar-refractivity contribution in [3.63, 3.8) is 0 Å². The predicted molar refractivity (Wildman–Crippen MR) is 63.4 cm³/mol. The van der Waals surface area contributed by atoms with Gasteiger partial charge in [-0.15, -0.1) is 0 Å². The van der Waals surface area contributed by atoms with Crippen molar-refractivity contribution < 1.29 is 0 Å². The quantitative estimate of drug-likeness (QED) is 0.910. The summed E-state index contributed by atoms with van der Waals surface area (Å²) in [5.41, 5.74) is 1.10. The monoisotopic (exact) mass is 250 g/mol. The van der Waals surface area contributed by atoms with Crippen molar-refractivity contribution >= 4 is 28.1 Å². The van der Waals surface area contributed by atoms with Gasteiger partial charge in [0.05, 0.1) is 0 Å². The van der Waals surface area contributed by atoms with E-state index in [0.717, 1.165) is 5.56 Å². The number of pyridine rings is 1. The number of rotatable bonds is 3. The molecule has 0 unspecified atom stereocenters. The number of nitriles is 1. The number of nitrogens with zero attached hydrogens (tertiary/aromatic N) is 3. The first-order valence-corrected chi connectivity index (χ1v) is 5.68. The molecular weight excluding hydrogens is 244 g/mol. The Morgan fingerprint density at radius 3 is 2.81 bits per heavy atom. The van der Waals surface area contributed by atoms with Gasteiger partial charge in [0.2, 0.25) is 0 Å². The molecule has 0 spiro atoms. The van der Waals surface area contributed by atoms with Crippen LogP contribution in [0.25, 0.3) is 0 Å². The lowest BCUT2D eigenvalue weighted by Crippen LogP contribution is -1.98. The molecule has 0 aliphatic heterocycles. The minimum Gasteiger partial charge on any atom is -0.357 e. The number of halogens is 1. The number of aromatic nitrogens is 2. The topological polar surface area (TPSA) is 61.6 Å².